The van der Waals surface area contributed by atoms with Gasteiger partial charge in [0.15, 0.2) is 5.78 Å². The van der Waals surface area contributed by atoms with Crippen LogP contribution in [0, 0.1) is 17.8 Å². The molecule has 2 unspecified atom stereocenters. The van der Waals surface area contributed by atoms with Crippen LogP contribution in [0.4, 0.5) is 5.13 Å². The van der Waals surface area contributed by atoms with E-state index in [1.807, 2.05) is 0 Å². The highest BCUT2D eigenvalue weighted by molar-refractivity contribution is 7.09. The number of nitrogens with one attached hydrogen (secondary N) is 2. The molecule has 0 spiro atoms. The lowest BCUT2D eigenvalue weighted by molar-refractivity contribution is -0.142. The SMILES string of the molecule is COc1nsc(NC(CC(C)C)C(=O)C2N[C@H](C(=O)O)C[C@H]3CCCC[C@H]23)n1. The molecule has 0 bridgehead atoms. The van der Waals surface area contributed by atoms with Crippen LogP contribution >= 0.6 is 11.5 Å². The van der Waals surface area contributed by atoms with Gasteiger partial charge in [-0.3, -0.25) is 14.9 Å². The normalized spacial score (nSPS) is 28.4. The van der Waals surface area contributed by atoms with Gasteiger partial charge in [0.1, 0.15) is 6.04 Å². The highest BCUT2D eigenvalue weighted by Crippen LogP contribution is 2.39. The van der Waals surface area contributed by atoms with Crippen molar-refractivity contribution < 1.29 is 19.4 Å². The van der Waals surface area contributed by atoms with Crippen LogP contribution in [0.2, 0.25) is 0 Å². The molecule has 9 heteroatoms. The van der Waals surface area contributed by atoms with Gasteiger partial charge in [0.2, 0.25) is 5.13 Å². The van der Waals surface area contributed by atoms with Crippen molar-refractivity contribution in [2.24, 2.45) is 17.8 Å². The molecule has 8 nitrogen and oxygen atoms in total. The number of carbonyl (C=O) groups is 2. The summed E-state index contributed by atoms with van der Waals surface area (Å²) < 4.78 is 9.11. The fraction of sp³-hybridized carbons (Fsp3) is 0.789. The summed E-state index contributed by atoms with van der Waals surface area (Å²) in [6.07, 6.45) is 5.46. The van der Waals surface area contributed by atoms with E-state index < -0.39 is 24.1 Å². The Morgan fingerprint density at radius 3 is 2.75 bits per heavy atom. The number of methoxy groups -OCH3 is 1. The van der Waals surface area contributed by atoms with Crippen LogP contribution in [-0.4, -0.2) is 51.5 Å². The van der Waals surface area contributed by atoms with Crippen molar-refractivity contribution in [3.63, 3.8) is 0 Å². The smallest absolute Gasteiger partial charge is 0.329 e. The van der Waals surface area contributed by atoms with Gasteiger partial charge in [-0.05, 0) is 37.0 Å². The van der Waals surface area contributed by atoms with E-state index in [2.05, 4.69) is 33.8 Å². The van der Waals surface area contributed by atoms with Crippen LogP contribution in [0.1, 0.15) is 52.4 Å². The number of anilines is 1. The fourth-order valence-electron chi connectivity index (χ4n) is 4.58. The van der Waals surface area contributed by atoms with Crippen LogP contribution in [0.15, 0.2) is 0 Å². The zero-order chi connectivity index (χ0) is 20.3. The molecule has 1 aromatic rings. The quantitative estimate of drug-likeness (QED) is 0.599. The Morgan fingerprint density at radius 2 is 2.11 bits per heavy atom. The number of piperidine rings is 1. The van der Waals surface area contributed by atoms with Crippen molar-refractivity contribution in [2.45, 2.75) is 70.5 Å². The lowest BCUT2D eigenvalue weighted by atomic mass is 9.68. The third-order valence-corrected chi connectivity index (χ3v) is 6.49. The number of Topliss-reactive ketones (excluding diaryl/α,β-unsaturated/α-hetero) is 1. The van der Waals surface area contributed by atoms with Crippen LogP contribution in [0.5, 0.6) is 6.01 Å². The highest BCUT2D eigenvalue weighted by Gasteiger charge is 2.45. The maximum absolute atomic E-state index is 13.5. The van der Waals surface area contributed by atoms with E-state index in [0.29, 0.717) is 29.8 Å². The van der Waals surface area contributed by atoms with Gasteiger partial charge < -0.3 is 15.2 Å². The number of carboxylic acids is 1. The molecule has 0 amide bonds. The molecule has 0 radical (unpaired) electrons. The molecule has 1 aliphatic heterocycles. The van der Waals surface area contributed by atoms with Gasteiger partial charge in [0, 0.05) is 11.5 Å². The van der Waals surface area contributed by atoms with Crippen LogP contribution < -0.4 is 15.4 Å². The maximum atomic E-state index is 13.5. The van der Waals surface area contributed by atoms with E-state index in [9.17, 15) is 14.7 Å². The Bertz CT molecular complexity index is 695. The summed E-state index contributed by atoms with van der Waals surface area (Å²) in [5.41, 5.74) is 0. The first-order valence-electron chi connectivity index (χ1n) is 10.1. The molecule has 2 aliphatic rings. The van der Waals surface area contributed by atoms with E-state index in [4.69, 9.17) is 4.74 Å². The second-order valence-electron chi connectivity index (χ2n) is 8.29. The molecule has 1 aromatic heterocycles. The van der Waals surface area contributed by atoms with Gasteiger partial charge in [0.25, 0.3) is 0 Å². The van der Waals surface area contributed by atoms with Crippen molar-refractivity contribution >= 4 is 28.4 Å². The van der Waals surface area contributed by atoms with E-state index in [1.54, 1.807) is 0 Å². The number of fused-ring (bicyclic) bond motifs is 1. The zero-order valence-electron chi connectivity index (χ0n) is 16.7. The summed E-state index contributed by atoms with van der Waals surface area (Å²) in [6, 6.07) is -1.26. The zero-order valence-corrected chi connectivity index (χ0v) is 17.5. The standard InChI is InChI=1S/C19H30N4O4S/c1-10(2)8-13(21-19-22-18(27-3)23-28-19)16(24)15-12-7-5-4-6-11(12)9-14(20-15)17(25)26/h10-15,20H,4-9H2,1-3H3,(H,25,26)(H,21,22,23)/t11-,12+,13?,14+,15?/m1/s1. The van der Waals surface area contributed by atoms with Crippen molar-refractivity contribution in [1.82, 2.24) is 14.7 Å². The van der Waals surface area contributed by atoms with E-state index in [0.717, 1.165) is 37.2 Å². The highest BCUT2D eigenvalue weighted by atomic mass is 32.1. The summed E-state index contributed by atoms with van der Waals surface area (Å²) in [5, 5.41) is 16.5. The van der Waals surface area contributed by atoms with Gasteiger partial charge >= 0.3 is 12.0 Å². The van der Waals surface area contributed by atoms with Gasteiger partial charge in [-0.1, -0.05) is 33.1 Å². The van der Waals surface area contributed by atoms with Crippen LogP contribution in [0.3, 0.4) is 0 Å². The topological polar surface area (TPSA) is 113 Å². The predicted molar refractivity (Wildman–Crippen MR) is 107 cm³/mol. The maximum Gasteiger partial charge on any atom is 0.329 e. The number of ether oxygens (including phenoxy) is 1. The number of aliphatic carboxylic acids is 1. The summed E-state index contributed by atoms with van der Waals surface area (Å²) in [5.74, 6) is -0.0318. The molecule has 1 aliphatic carbocycles. The predicted octanol–water partition coefficient (Wildman–Crippen LogP) is 2.56. The molecular formula is C19H30N4O4S. The van der Waals surface area contributed by atoms with Crippen molar-refractivity contribution in [1.29, 1.82) is 0 Å². The summed E-state index contributed by atoms with van der Waals surface area (Å²) >= 11 is 1.16. The number of ketones is 1. The van der Waals surface area contributed by atoms with Gasteiger partial charge in [-0.2, -0.15) is 4.98 Å². The Balaban J connectivity index is 1.81. The molecule has 2 heterocycles. The summed E-state index contributed by atoms with van der Waals surface area (Å²) in [4.78, 5) is 29.4. The number of hydrogen-bond donors (Lipinski definition) is 3. The van der Waals surface area contributed by atoms with E-state index in [1.165, 1.54) is 7.11 Å². The van der Waals surface area contributed by atoms with Crippen molar-refractivity contribution in [3.8, 4) is 6.01 Å². The Hall–Kier alpha value is -1.74. The minimum absolute atomic E-state index is 0.0331. The largest absolute Gasteiger partial charge is 0.480 e. The third-order valence-electron chi connectivity index (χ3n) is 5.86. The Labute approximate surface area is 169 Å². The first kappa shape index (κ1) is 21.0. The second-order valence-corrected chi connectivity index (χ2v) is 9.05. The van der Waals surface area contributed by atoms with Gasteiger partial charge in [0.05, 0.1) is 19.2 Å². The third kappa shape index (κ3) is 4.81. The molecule has 3 N–H and O–H groups in total. The lowest BCUT2D eigenvalue weighted by Crippen LogP contribution is -2.60. The minimum atomic E-state index is -0.871. The molecule has 3 rings (SSSR count). The number of nitrogens with zero attached hydrogens (tertiary/aromatic N) is 2. The molecular weight excluding hydrogens is 380 g/mol. The monoisotopic (exact) mass is 410 g/mol. The molecule has 28 heavy (non-hydrogen) atoms. The average molecular weight is 411 g/mol. The Kier molecular flexibility index (Phi) is 6.87. The van der Waals surface area contributed by atoms with E-state index in [-0.39, 0.29) is 17.7 Å². The number of rotatable bonds is 8. The lowest BCUT2D eigenvalue weighted by Gasteiger charge is -2.44. The molecule has 2 fully saturated rings. The number of hydrogen-bond acceptors (Lipinski definition) is 8. The van der Waals surface area contributed by atoms with Crippen LogP contribution in [0.25, 0.3) is 0 Å². The average Bonchev–Trinajstić information content (AvgIpc) is 3.13. The second kappa shape index (κ2) is 9.17. The first-order chi connectivity index (χ1) is 13.4. The minimum Gasteiger partial charge on any atom is -0.480 e. The molecule has 5 atom stereocenters. The Morgan fingerprint density at radius 1 is 1.36 bits per heavy atom. The van der Waals surface area contributed by atoms with Crippen molar-refractivity contribution in [2.75, 3.05) is 12.4 Å². The van der Waals surface area contributed by atoms with Crippen molar-refractivity contribution in [3.05, 3.63) is 0 Å². The first-order valence-corrected chi connectivity index (χ1v) is 10.8. The summed E-state index contributed by atoms with van der Waals surface area (Å²) in [7, 11) is 1.50. The van der Waals surface area contributed by atoms with Gasteiger partial charge in [-0.25, -0.2) is 0 Å². The molecule has 156 valence electrons. The van der Waals surface area contributed by atoms with Gasteiger partial charge in [-0.15, -0.1) is 4.37 Å². The number of carbonyl (C=O) groups excluding carboxylic acids is 1. The molecule has 1 saturated carbocycles. The number of carboxylic acid groups (broad SMARTS) is 1. The molecule has 1 saturated heterocycles. The van der Waals surface area contributed by atoms with Crippen LogP contribution in [-0.2, 0) is 9.59 Å². The number of aromatic nitrogens is 2. The summed E-state index contributed by atoms with van der Waals surface area (Å²) in [6.45, 7) is 4.14. The van der Waals surface area contributed by atoms with E-state index >= 15 is 0 Å². The molecule has 0 aromatic carbocycles. The fourth-order valence-corrected chi connectivity index (χ4v) is 5.17.